The lowest BCUT2D eigenvalue weighted by Gasteiger charge is -2.25. The summed E-state index contributed by atoms with van der Waals surface area (Å²) in [6.45, 7) is 1.08. The number of thioether (sulfide) groups is 1. The lowest BCUT2D eigenvalue weighted by molar-refractivity contribution is -0.00000353. The molecule has 0 spiro atoms. The SMILES string of the molecule is COc1ccccc1N=C1SCCCN1C.[I-]. The highest BCUT2D eigenvalue weighted by molar-refractivity contribution is 8.13. The fourth-order valence-corrected chi connectivity index (χ4v) is 2.54. The molecule has 1 fully saturated rings. The van der Waals surface area contributed by atoms with Crippen LogP contribution in [0, 0.1) is 0 Å². The first-order chi connectivity index (χ1) is 7.81. The Labute approximate surface area is 124 Å². The molecule has 0 saturated carbocycles. The van der Waals surface area contributed by atoms with Crippen LogP contribution in [-0.4, -0.2) is 36.5 Å². The van der Waals surface area contributed by atoms with E-state index in [2.05, 4.69) is 16.9 Å². The number of nitrogens with zero attached hydrogens (tertiary/aromatic N) is 2. The number of para-hydroxylation sites is 2. The van der Waals surface area contributed by atoms with Crippen molar-refractivity contribution in [3.05, 3.63) is 24.3 Å². The number of aliphatic imine (C=N–C) groups is 1. The minimum Gasteiger partial charge on any atom is -1.00 e. The van der Waals surface area contributed by atoms with Crippen molar-refractivity contribution in [1.29, 1.82) is 0 Å². The third kappa shape index (κ3) is 3.77. The number of hydrogen-bond acceptors (Lipinski definition) is 3. The van der Waals surface area contributed by atoms with E-state index in [4.69, 9.17) is 4.74 Å². The summed E-state index contributed by atoms with van der Waals surface area (Å²) in [5, 5.41) is 1.08. The first kappa shape index (κ1) is 14.6. The van der Waals surface area contributed by atoms with E-state index in [0.717, 1.165) is 28.9 Å². The van der Waals surface area contributed by atoms with Gasteiger partial charge in [-0.25, -0.2) is 4.99 Å². The second-order valence-electron chi connectivity index (χ2n) is 3.69. The normalized spacial score (nSPS) is 17.8. The molecule has 3 nitrogen and oxygen atoms in total. The van der Waals surface area contributed by atoms with Crippen LogP contribution in [0.4, 0.5) is 5.69 Å². The molecule has 5 heteroatoms. The molecule has 1 saturated heterocycles. The summed E-state index contributed by atoms with van der Waals surface area (Å²) in [5.74, 6) is 1.98. The summed E-state index contributed by atoms with van der Waals surface area (Å²) < 4.78 is 5.29. The summed E-state index contributed by atoms with van der Waals surface area (Å²) in [6, 6.07) is 7.86. The molecule has 2 rings (SSSR count). The van der Waals surface area contributed by atoms with Gasteiger partial charge in [0.25, 0.3) is 0 Å². The summed E-state index contributed by atoms with van der Waals surface area (Å²) in [7, 11) is 3.76. The topological polar surface area (TPSA) is 24.8 Å². The molecular formula is C12H16IN2OS-. The monoisotopic (exact) mass is 363 g/mol. The average molecular weight is 363 g/mol. The van der Waals surface area contributed by atoms with E-state index in [1.54, 1.807) is 18.9 Å². The third-order valence-corrected chi connectivity index (χ3v) is 3.65. The summed E-state index contributed by atoms with van der Waals surface area (Å²) in [5.41, 5.74) is 0.904. The lowest BCUT2D eigenvalue weighted by Crippen LogP contribution is -3.00. The Kier molecular flexibility index (Phi) is 6.11. The number of benzene rings is 1. The van der Waals surface area contributed by atoms with E-state index < -0.39 is 0 Å². The molecule has 0 aliphatic carbocycles. The molecular weight excluding hydrogens is 347 g/mol. The van der Waals surface area contributed by atoms with Crippen LogP contribution in [-0.2, 0) is 0 Å². The third-order valence-electron chi connectivity index (χ3n) is 2.50. The summed E-state index contributed by atoms with van der Waals surface area (Å²) in [4.78, 5) is 6.85. The standard InChI is InChI=1S/C12H16N2OS.HI/c1-14-8-5-9-16-12(14)13-10-6-3-4-7-11(10)15-2;/h3-4,6-7H,5,8-9H2,1-2H3;1H/p-1. The molecule has 0 bridgehead atoms. The number of hydrogen-bond donors (Lipinski definition) is 0. The molecule has 1 aromatic carbocycles. The van der Waals surface area contributed by atoms with Crippen molar-refractivity contribution in [3.8, 4) is 5.75 Å². The van der Waals surface area contributed by atoms with E-state index in [0.29, 0.717) is 0 Å². The van der Waals surface area contributed by atoms with Gasteiger partial charge >= 0.3 is 0 Å². The van der Waals surface area contributed by atoms with E-state index in [-0.39, 0.29) is 24.0 Å². The molecule has 17 heavy (non-hydrogen) atoms. The van der Waals surface area contributed by atoms with Crippen LogP contribution in [0.15, 0.2) is 29.3 Å². The largest absolute Gasteiger partial charge is 1.00 e. The molecule has 94 valence electrons. The number of rotatable bonds is 2. The fourth-order valence-electron chi connectivity index (χ4n) is 1.61. The second-order valence-corrected chi connectivity index (χ2v) is 4.75. The van der Waals surface area contributed by atoms with Gasteiger partial charge in [-0.2, -0.15) is 0 Å². The van der Waals surface area contributed by atoms with Crippen LogP contribution >= 0.6 is 11.8 Å². The van der Waals surface area contributed by atoms with Crippen molar-refractivity contribution >= 4 is 22.6 Å². The van der Waals surface area contributed by atoms with E-state index >= 15 is 0 Å². The second kappa shape index (κ2) is 7.10. The van der Waals surface area contributed by atoms with Gasteiger partial charge in [0.15, 0.2) is 5.17 Å². The summed E-state index contributed by atoms with van der Waals surface area (Å²) in [6.07, 6.45) is 1.23. The first-order valence-electron chi connectivity index (χ1n) is 5.37. The molecule has 0 radical (unpaired) electrons. The molecule has 0 aromatic heterocycles. The highest BCUT2D eigenvalue weighted by Crippen LogP contribution is 2.29. The maximum absolute atomic E-state index is 5.29. The predicted octanol–water partition coefficient (Wildman–Crippen LogP) is -0.245. The van der Waals surface area contributed by atoms with E-state index in [1.165, 1.54) is 6.42 Å². The van der Waals surface area contributed by atoms with Gasteiger partial charge in [-0.3, -0.25) is 0 Å². The van der Waals surface area contributed by atoms with Gasteiger partial charge in [0.1, 0.15) is 11.4 Å². The van der Waals surface area contributed by atoms with Crippen LogP contribution in [0.25, 0.3) is 0 Å². The van der Waals surface area contributed by atoms with Gasteiger partial charge in [0.2, 0.25) is 0 Å². The lowest BCUT2D eigenvalue weighted by atomic mass is 10.3. The Morgan fingerprint density at radius 3 is 2.82 bits per heavy atom. The highest BCUT2D eigenvalue weighted by Gasteiger charge is 2.13. The number of ether oxygens (including phenoxy) is 1. The Morgan fingerprint density at radius 1 is 1.35 bits per heavy atom. The molecule has 0 atom stereocenters. The zero-order valence-corrected chi connectivity index (χ0v) is 13.0. The predicted molar refractivity (Wildman–Crippen MR) is 69.8 cm³/mol. The molecule has 0 N–H and O–H groups in total. The van der Waals surface area contributed by atoms with Gasteiger partial charge in [0, 0.05) is 19.3 Å². The minimum absolute atomic E-state index is 0. The van der Waals surface area contributed by atoms with Gasteiger partial charge in [-0.1, -0.05) is 23.9 Å². The van der Waals surface area contributed by atoms with Crippen molar-refractivity contribution in [2.45, 2.75) is 6.42 Å². The van der Waals surface area contributed by atoms with Crippen LogP contribution < -0.4 is 28.7 Å². The Hall–Kier alpha value is -0.430. The van der Waals surface area contributed by atoms with E-state index in [1.807, 2.05) is 24.3 Å². The Bertz CT molecular complexity index is 398. The van der Waals surface area contributed by atoms with Crippen LogP contribution in [0.3, 0.4) is 0 Å². The van der Waals surface area contributed by atoms with E-state index in [9.17, 15) is 0 Å². The molecule has 1 aromatic rings. The van der Waals surface area contributed by atoms with Crippen LogP contribution in [0.2, 0.25) is 0 Å². The van der Waals surface area contributed by atoms with Crippen molar-refractivity contribution in [2.75, 3.05) is 26.5 Å². The fraction of sp³-hybridized carbons (Fsp3) is 0.417. The average Bonchev–Trinajstić information content (AvgIpc) is 2.33. The number of halogens is 1. The zero-order valence-electron chi connectivity index (χ0n) is 10.0. The molecule has 1 heterocycles. The number of amidine groups is 1. The zero-order chi connectivity index (χ0) is 11.4. The molecule has 1 aliphatic heterocycles. The maximum Gasteiger partial charge on any atom is 0.164 e. The van der Waals surface area contributed by atoms with Crippen LogP contribution in [0.5, 0.6) is 5.75 Å². The van der Waals surface area contributed by atoms with Crippen molar-refractivity contribution in [2.24, 2.45) is 4.99 Å². The molecule has 0 amide bonds. The van der Waals surface area contributed by atoms with Gasteiger partial charge < -0.3 is 33.6 Å². The Morgan fingerprint density at radius 2 is 2.12 bits per heavy atom. The molecule has 1 aliphatic rings. The van der Waals surface area contributed by atoms with Gasteiger partial charge in [-0.05, 0) is 18.6 Å². The van der Waals surface area contributed by atoms with Crippen molar-refractivity contribution in [1.82, 2.24) is 4.90 Å². The quantitative estimate of drug-likeness (QED) is 0.678. The molecule has 0 unspecified atom stereocenters. The van der Waals surface area contributed by atoms with Crippen molar-refractivity contribution < 1.29 is 28.7 Å². The highest BCUT2D eigenvalue weighted by atomic mass is 127. The minimum atomic E-state index is 0. The smallest absolute Gasteiger partial charge is 0.164 e. The Balaban J connectivity index is 0.00000144. The van der Waals surface area contributed by atoms with Gasteiger partial charge in [0.05, 0.1) is 7.11 Å². The van der Waals surface area contributed by atoms with Gasteiger partial charge in [-0.15, -0.1) is 0 Å². The maximum atomic E-state index is 5.29. The summed E-state index contributed by atoms with van der Waals surface area (Å²) >= 11 is 1.81. The van der Waals surface area contributed by atoms with Crippen molar-refractivity contribution in [3.63, 3.8) is 0 Å². The van der Waals surface area contributed by atoms with Crippen LogP contribution in [0.1, 0.15) is 6.42 Å². The first-order valence-corrected chi connectivity index (χ1v) is 6.35. The number of methoxy groups -OCH3 is 1.